The third-order valence-electron chi connectivity index (χ3n) is 5.93. The number of hydrogen-bond acceptors (Lipinski definition) is 7. The van der Waals surface area contributed by atoms with Gasteiger partial charge in [0.25, 0.3) is 0 Å². The molecule has 2 rings (SSSR count). The van der Waals surface area contributed by atoms with Crippen molar-refractivity contribution in [1.29, 1.82) is 0 Å². The summed E-state index contributed by atoms with van der Waals surface area (Å²) in [6, 6.07) is -0.713. The van der Waals surface area contributed by atoms with E-state index in [2.05, 4.69) is 4.72 Å². The van der Waals surface area contributed by atoms with Gasteiger partial charge in [-0.1, -0.05) is 20.8 Å². The van der Waals surface area contributed by atoms with E-state index in [1.807, 2.05) is 13.8 Å². The molecule has 28 heavy (non-hydrogen) atoms. The fourth-order valence-electron chi connectivity index (χ4n) is 4.19. The maximum Gasteiger partial charge on any atom is 0.335 e. The van der Waals surface area contributed by atoms with Crippen molar-refractivity contribution in [2.24, 2.45) is 17.8 Å². The second-order valence-corrected chi connectivity index (χ2v) is 8.99. The van der Waals surface area contributed by atoms with Gasteiger partial charge < -0.3 is 24.1 Å². The van der Waals surface area contributed by atoms with Crippen molar-refractivity contribution in [2.45, 2.75) is 77.5 Å². The Bertz CT molecular complexity index is 657. The summed E-state index contributed by atoms with van der Waals surface area (Å²) in [5, 5.41) is 9.49. The van der Waals surface area contributed by atoms with Crippen LogP contribution in [-0.2, 0) is 34.0 Å². The summed E-state index contributed by atoms with van der Waals surface area (Å²) in [5.41, 5.74) is 0. The second-order valence-electron chi connectivity index (χ2n) is 7.81. The molecule has 0 aromatic heterocycles. The van der Waals surface area contributed by atoms with Gasteiger partial charge in [-0.05, 0) is 19.8 Å². The standard InChI is InChI=1S/C17H31NO9S/c1-7-8(2)17(27-15(16(19)20)14(7)24-6)26-13-9(3)12(18-28(21,22)23)10(4)25-11(13)5/h7-15,17-18H,1-6H3,(H,19,20)(H,21,22,23). The van der Waals surface area contributed by atoms with Crippen LogP contribution in [0.5, 0.6) is 0 Å². The lowest BCUT2D eigenvalue weighted by Gasteiger charge is -2.48. The van der Waals surface area contributed by atoms with Crippen LogP contribution in [0.25, 0.3) is 0 Å². The minimum atomic E-state index is -4.42. The first-order valence-electron chi connectivity index (χ1n) is 9.34. The first-order chi connectivity index (χ1) is 12.9. The summed E-state index contributed by atoms with van der Waals surface area (Å²) in [5.74, 6) is -1.83. The van der Waals surface area contributed by atoms with Crippen molar-refractivity contribution >= 4 is 16.3 Å². The van der Waals surface area contributed by atoms with Crippen LogP contribution in [0.3, 0.4) is 0 Å². The number of nitrogens with one attached hydrogen (secondary N) is 1. The van der Waals surface area contributed by atoms with Crippen LogP contribution in [0.2, 0.25) is 0 Å². The Balaban J connectivity index is 2.20. The van der Waals surface area contributed by atoms with E-state index >= 15 is 0 Å². The van der Waals surface area contributed by atoms with Crippen LogP contribution < -0.4 is 4.72 Å². The molecule has 0 radical (unpaired) electrons. The lowest BCUT2D eigenvalue weighted by atomic mass is 9.83. The minimum absolute atomic E-state index is 0.148. The maximum atomic E-state index is 11.6. The number of rotatable bonds is 6. The molecule has 164 valence electrons. The molecule has 2 aliphatic rings. The predicted octanol–water partition coefficient (Wildman–Crippen LogP) is 0.673. The van der Waals surface area contributed by atoms with Crippen molar-refractivity contribution in [1.82, 2.24) is 4.72 Å². The molecule has 10 unspecified atom stereocenters. The number of carboxylic acids is 1. The molecule has 2 fully saturated rings. The highest BCUT2D eigenvalue weighted by molar-refractivity contribution is 7.83. The van der Waals surface area contributed by atoms with Crippen LogP contribution in [0.15, 0.2) is 0 Å². The topological polar surface area (TPSA) is 141 Å². The lowest BCUT2D eigenvalue weighted by Crippen LogP contribution is -2.61. The molecular weight excluding hydrogens is 394 g/mol. The number of hydrogen-bond donors (Lipinski definition) is 3. The third-order valence-corrected chi connectivity index (χ3v) is 6.50. The molecule has 10 atom stereocenters. The molecular formula is C17H31NO9S. The first-order valence-corrected chi connectivity index (χ1v) is 10.8. The van der Waals surface area contributed by atoms with Gasteiger partial charge in [-0.15, -0.1) is 0 Å². The van der Waals surface area contributed by atoms with E-state index < -0.39 is 53.0 Å². The lowest BCUT2D eigenvalue weighted by molar-refractivity contribution is -0.302. The number of ether oxygens (including phenoxy) is 4. The molecule has 0 aliphatic carbocycles. The molecule has 0 aromatic carbocycles. The molecule has 0 bridgehead atoms. The minimum Gasteiger partial charge on any atom is -0.479 e. The number of aliphatic carboxylic acids is 1. The Hall–Kier alpha value is -0.820. The third kappa shape index (κ3) is 5.02. The van der Waals surface area contributed by atoms with E-state index in [0.717, 1.165) is 0 Å². The molecule has 0 aromatic rings. The molecule has 0 amide bonds. The fourth-order valence-corrected chi connectivity index (χ4v) is 4.94. The molecule has 0 spiro atoms. The zero-order chi connectivity index (χ0) is 21.4. The van der Waals surface area contributed by atoms with Crippen LogP contribution in [0.1, 0.15) is 34.6 Å². The summed E-state index contributed by atoms with van der Waals surface area (Å²) >= 11 is 0. The summed E-state index contributed by atoms with van der Waals surface area (Å²) in [7, 11) is -2.98. The van der Waals surface area contributed by atoms with E-state index in [-0.39, 0.29) is 23.9 Å². The Labute approximate surface area is 165 Å². The van der Waals surface area contributed by atoms with Crippen LogP contribution in [0.4, 0.5) is 0 Å². The second kappa shape index (κ2) is 8.90. The number of carboxylic acid groups (broad SMARTS) is 1. The summed E-state index contributed by atoms with van der Waals surface area (Å²) in [6.07, 6.45) is -4.08. The highest BCUT2D eigenvalue weighted by atomic mass is 32.2. The van der Waals surface area contributed by atoms with Crippen LogP contribution in [-0.4, -0.2) is 74.0 Å². The van der Waals surface area contributed by atoms with Gasteiger partial charge in [0.2, 0.25) is 0 Å². The molecule has 2 heterocycles. The van der Waals surface area contributed by atoms with Crippen LogP contribution in [0, 0.1) is 17.8 Å². The molecule has 0 saturated carbocycles. The monoisotopic (exact) mass is 425 g/mol. The van der Waals surface area contributed by atoms with Gasteiger partial charge in [0, 0.05) is 18.9 Å². The Morgan fingerprint density at radius 2 is 1.57 bits per heavy atom. The van der Waals surface area contributed by atoms with Crippen molar-refractivity contribution in [3.8, 4) is 0 Å². The Kier molecular flexibility index (Phi) is 7.46. The zero-order valence-electron chi connectivity index (χ0n) is 16.9. The first kappa shape index (κ1) is 23.5. The summed E-state index contributed by atoms with van der Waals surface area (Å²) in [6.45, 7) is 9.05. The smallest absolute Gasteiger partial charge is 0.335 e. The Morgan fingerprint density at radius 1 is 0.964 bits per heavy atom. The maximum absolute atomic E-state index is 11.6. The quantitative estimate of drug-likeness (QED) is 0.524. The molecule has 11 heteroatoms. The zero-order valence-corrected chi connectivity index (χ0v) is 17.8. The summed E-state index contributed by atoms with van der Waals surface area (Å²) < 4.78 is 56.9. The van der Waals surface area contributed by atoms with Gasteiger partial charge in [0.1, 0.15) is 0 Å². The van der Waals surface area contributed by atoms with E-state index in [0.29, 0.717) is 0 Å². The molecule has 2 aliphatic heterocycles. The summed E-state index contributed by atoms with van der Waals surface area (Å²) in [4.78, 5) is 11.6. The van der Waals surface area contributed by atoms with Crippen molar-refractivity contribution in [2.75, 3.05) is 7.11 Å². The van der Waals surface area contributed by atoms with E-state index in [9.17, 15) is 18.3 Å². The number of methoxy groups -OCH3 is 1. The Morgan fingerprint density at radius 3 is 2.07 bits per heavy atom. The van der Waals surface area contributed by atoms with E-state index in [4.69, 9.17) is 23.5 Å². The van der Waals surface area contributed by atoms with Crippen molar-refractivity contribution in [3.05, 3.63) is 0 Å². The SMILES string of the molecule is COC1C(C(=O)O)OC(OC2C(C)OC(C)C(NS(=O)(=O)O)C2C)C(C)C1C. The average Bonchev–Trinajstić information content (AvgIpc) is 2.57. The fraction of sp³-hybridized carbons (Fsp3) is 0.941. The van der Waals surface area contributed by atoms with Crippen molar-refractivity contribution in [3.63, 3.8) is 0 Å². The van der Waals surface area contributed by atoms with E-state index in [1.54, 1.807) is 20.8 Å². The van der Waals surface area contributed by atoms with E-state index in [1.165, 1.54) is 7.11 Å². The van der Waals surface area contributed by atoms with Gasteiger partial charge in [-0.3, -0.25) is 4.55 Å². The van der Waals surface area contributed by atoms with Gasteiger partial charge >= 0.3 is 16.3 Å². The van der Waals surface area contributed by atoms with Gasteiger partial charge in [-0.25, -0.2) is 4.79 Å². The highest BCUT2D eigenvalue weighted by Gasteiger charge is 2.49. The molecule has 2 saturated heterocycles. The average molecular weight is 426 g/mol. The number of carbonyl (C=O) groups is 1. The van der Waals surface area contributed by atoms with Gasteiger partial charge in [0.15, 0.2) is 12.4 Å². The predicted molar refractivity (Wildman–Crippen MR) is 97.9 cm³/mol. The van der Waals surface area contributed by atoms with Crippen molar-refractivity contribution < 1.29 is 41.8 Å². The highest BCUT2D eigenvalue weighted by Crippen LogP contribution is 2.37. The van der Waals surface area contributed by atoms with Gasteiger partial charge in [0.05, 0.1) is 30.5 Å². The largest absolute Gasteiger partial charge is 0.479 e. The van der Waals surface area contributed by atoms with Crippen LogP contribution >= 0.6 is 0 Å². The normalized spacial score (nSPS) is 45.0. The molecule has 3 N–H and O–H groups in total. The van der Waals surface area contributed by atoms with Gasteiger partial charge in [-0.2, -0.15) is 13.1 Å². The molecule has 10 nitrogen and oxygen atoms in total.